The van der Waals surface area contributed by atoms with E-state index >= 15 is 0 Å². The van der Waals surface area contributed by atoms with Crippen LogP contribution in [0.25, 0.3) is 0 Å². The molecule has 11 heteroatoms. The van der Waals surface area contributed by atoms with Crippen LogP contribution in [0.1, 0.15) is 13.3 Å². The van der Waals surface area contributed by atoms with Crippen LogP contribution in [0.4, 0.5) is 0 Å². The predicted octanol–water partition coefficient (Wildman–Crippen LogP) is -1.09. The lowest BCUT2D eigenvalue weighted by Gasteiger charge is -1.94. The van der Waals surface area contributed by atoms with E-state index in [1.54, 1.807) is 6.92 Å². The Hall–Kier alpha value is -0.490. The van der Waals surface area contributed by atoms with E-state index in [4.69, 9.17) is 9.11 Å². The summed E-state index contributed by atoms with van der Waals surface area (Å²) in [6.45, 7) is 1.69. The van der Waals surface area contributed by atoms with E-state index in [9.17, 15) is 16.8 Å². The van der Waals surface area contributed by atoms with Crippen LogP contribution >= 0.6 is 12.2 Å². The van der Waals surface area contributed by atoms with Crippen molar-refractivity contribution in [3.05, 3.63) is 0 Å². The first-order valence-electron chi connectivity index (χ1n) is 3.47. The van der Waals surface area contributed by atoms with Crippen molar-refractivity contribution in [3.63, 3.8) is 0 Å². The zero-order valence-corrected chi connectivity index (χ0v) is 10.2. The minimum Gasteiger partial charge on any atom is -0.375 e. The van der Waals surface area contributed by atoms with Crippen LogP contribution in [0.2, 0.25) is 0 Å². The maximum atomic E-state index is 9.79. The summed E-state index contributed by atoms with van der Waals surface area (Å²) in [5.41, 5.74) is 4.66. The van der Waals surface area contributed by atoms with E-state index in [1.807, 2.05) is 0 Å². The van der Waals surface area contributed by atoms with Gasteiger partial charge in [-0.05, 0) is 18.6 Å². The summed E-state index contributed by atoms with van der Waals surface area (Å²) in [4.78, 5) is 0. The van der Waals surface area contributed by atoms with Crippen molar-refractivity contribution in [1.29, 1.82) is 0 Å². The van der Waals surface area contributed by atoms with Crippen LogP contribution in [0, 0.1) is 0 Å². The molecule has 0 aliphatic heterocycles. The van der Waals surface area contributed by atoms with Gasteiger partial charge in [-0.2, -0.15) is 16.8 Å². The summed E-state index contributed by atoms with van der Waals surface area (Å²) in [6.07, 6.45) is 0.471. The van der Waals surface area contributed by atoms with Gasteiger partial charge in [0.1, 0.15) is 0 Å². The molecule has 0 aromatic carbocycles. The van der Waals surface area contributed by atoms with Crippen molar-refractivity contribution in [2.24, 2.45) is 5.73 Å². The Labute approximate surface area is 93.5 Å². The van der Waals surface area contributed by atoms with Gasteiger partial charge in [0.05, 0.1) is 5.75 Å². The molecule has 0 amide bonds. The predicted molar refractivity (Wildman–Crippen MR) is 58.2 cm³/mol. The molecule has 0 rings (SSSR count). The molecule has 0 radical (unpaired) electrons. The van der Waals surface area contributed by atoms with Gasteiger partial charge in [-0.25, -0.2) is 4.72 Å². The summed E-state index contributed by atoms with van der Waals surface area (Å²) in [5, 5.41) is -0.479. The third kappa shape index (κ3) is 24.7. The summed E-state index contributed by atoms with van der Waals surface area (Å²) in [5.74, 6) is -0.132. The monoisotopic (exact) mass is 280 g/mol. The smallest absolute Gasteiger partial charge is 0.359 e. The molecule has 8 nitrogen and oxygen atoms in total. The molecule has 0 aromatic rings. The zero-order chi connectivity index (χ0) is 12.7. The number of rotatable bonds is 3. The standard InChI is InChI=1S/C3H8O3S.CH4N2O3S2/c1-2-3-7(4,5)6;2-1(7)3-8(4,5)6/h2-3H2,1H3,(H,4,5,6);(H3,2,3,7)(H,4,5,6). The van der Waals surface area contributed by atoms with Crippen molar-refractivity contribution >= 4 is 37.8 Å². The van der Waals surface area contributed by atoms with Gasteiger partial charge < -0.3 is 5.73 Å². The van der Waals surface area contributed by atoms with E-state index in [2.05, 4.69) is 18.0 Å². The van der Waals surface area contributed by atoms with Crippen molar-refractivity contribution in [2.45, 2.75) is 13.3 Å². The molecule has 0 saturated carbocycles. The van der Waals surface area contributed by atoms with Crippen LogP contribution in [-0.4, -0.2) is 36.8 Å². The maximum Gasteiger partial charge on any atom is 0.359 e. The summed E-state index contributed by atoms with van der Waals surface area (Å²) in [7, 11) is -7.91. The van der Waals surface area contributed by atoms with Crippen LogP contribution in [0.5, 0.6) is 0 Å². The van der Waals surface area contributed by atoms with Crippen molar-refractivity contribution in [3.8, 4) is 0 Å². The van der Waals surface area contributed by atoms with Crippen LogP contribution in [0.3, 0.4) is 0 Å². The number of nitrogens with one attached hydrogen (secondary N) is 1. The normalized spacial score (nSPS) is 11.1. The number of nitrogens with two attached hydrogens (primary N) is 1. The minimum atomic E-state index is -4.24. The Morgan fingerprint density at radius 2 is 1.73 bits per heavy atom. The van der Waals surface area contributed by atoms with Gasteiger partial charge in [-0.1, -0.05) is 6.92 Å². The number of hydrogen-bond acceptors (Lipinski definition) is 5. The Bertz CT molecular complexity index is 385. The average Bonchev–Trinajstić information content (AvgIpc) is 1.77. The van der Waals surface area contributed by atoms with E-state index in [0.717, 1.165) is 0 Å². The van der Waals surface area contributed by atoms with Crippen molar-refractivity contribution < 1.29 is 25.9 Å². The Morgan fingerprint density at radius 3 is 1.73 bits per heavy atom. The summed E-state index contributed by atoms with van der Waals surface area (Å²) >= 11 is 4.07. The lowest BCUT2D eigenvalue weighted by atomic mass is 10.6. The van der Waals surface area contributed by atoms with Gasteiger partial charge in [0.25, 0.3) is 10.1 Å². The molecule has 0 saturated heterocycles. The number of thiocarbonyl (C=S) groups is 1. The molecule has 92 valence electrons. The molecule has 5 N–H and O–H groups in total. The van der Waals surface area contributed by atoms with Gasteiger partial charge in [-0.15, -0.1) is 0 Å². The Morgan fingerprint density at radius 1 is 1.33 bits per heavy atom. The molecule has 0 heterocycles. The molecule has 0 aliphatic carbocycles. The first-order valence-corrected chi connectivity index (χ1v) is 6.93. The molecular formula is C4H12N2O6S3. The fourth-order valence-electron chi connectivity index (χ4n) is 0.385. The molecular weight excluding hydrogens is 268 g/mol. The molecule has 0 atom stereocenters. The number of hydrogen-bond donors (Lipinski definition) is 4. The molecule has 0 bridgehead atoms. The Kier molecular flexibility index (Phi) is 7.78. The fourth-order valence-corrected chi connectivity index (χ4v) is 1.47. The van der Waals surface area contributed by atoms with E-state index < -0.39 is 25.5 Å². The van der Waals surface area contributed by atoms with E-state index in [1.165, 1.54) is 4.72 Å². The second kappa shape index (κ2) is 6.90. The van der Waals surface area contributed by atoms with Gasteiger partial charge in [-0.3, -0.25) is 9.11 Å². The van der Waals surface area contributed by atoms with Crippen molar-refractivity contribution in [1.82, 2.24) is 4.72 Å². The van der Waals surface area contributed by atoms with E-state index in [0.29, 0.717) is 6.42 Å². The summed E-state index contributed by atoms with van der Waals surface area (Å²) < 4.78 is 56.3. The first-order chi connectivity index (χ1) is 6.48. The minimum absolute atomic E-state index is 0.132. The van der Waals surface area contributed by atoms with Crippen molar-refractivity contribution in [2.75, 3.05) is 5.75 Å². The third-order valence-electron chi connectivity index (χ3n) is 0.692. The summed E-state index contributed by atoms with van der Waals surface area (Å²) in [6, 6.07) is 0. The van der Waals surface area contributed by atoms with Crippen LogP contribution in [-0.2, 0) is 20.4 Å². The molecule has 0 unspecified atom stereocenters. The quantitative estimate of drug-likeness (QED) is 0.376. The van der Waals surface area contributed by atoms with Gasteiger partial charge in [0.2, 0.25) is 0 Å². The van der Waals surface area contributed by atoms with Crippen LogP contribution < -0.4 is 10.5 Å². The SMILES string of the molecule is CCCS(=O)(=O)O.NC(=S)NS(=O)(=O)O. The highest BCUT2D eigenvalue weighted by molar-refractivity contribution is 7.87. The highest BCUT2D eigenvalue weighted by Gasteiger charge is 2.00. The van der Waals surface area contributed by atoms with Gasteiger partial charge in [0.15, 0.2) is 5.11 Å². The zero-order valence-electron chi connectivity index (χ0n) is 7.74. The van der Waals surface area contributed by atoms with Gasteiger partial charge >= 0.3 is 10.3 Å². The largest absolute Gasteiger partial charge is 0.375 e. The first kappa shape index (κ1) is 16.9. The van der Waals surface area contributed by atoms with Gasteiger partial charge in [0, 0.05) is 0 Å². The second-order valence-electron chi connectivity index (χ2n) is 2.23. The molecule has 15 heavy (non-hydrogen) atoms. The topological polar surface area (TPSA) is 147 Å². The second-order valence-corrected chi connectivity index (χ2v) is 5.39. The highest BCUT2D eigenvalue weighted by Crippen LogP contribution is 1.83. The molecule has 0 aromatic heterocycles. The molecule has 0 spiro atoms. The lowest BCUT2D eigenvalue weighted by molar-refractivity contribution is 0.477. The maximum absolute atomic E-state index is 9.79. The fraction of sp³-hybridized carbons (Fsp3) is 0.750. The third-order valence-corrected chi connectivity index (χ3v) is 2.32. The highest BCUT2D eigenvalue weighted by atomic mass is 32.2. The van der Waals surface area contributed by atoms with E-state index in [-0.39, 0.29) is 5.75 Å². The average molecular weight is 280 g/mol. The Balaban J connectivity index is 0. The lowest BCUT2D eigenvalue weighted by Crippen LogP contribution is -2.33. The molecule has 0 aliphatic rings. The molecule has 0 fully saturated rings. The van der Waals surface area contributed by atoms with Crippen LogP contribution in [0.15, 0.2) is 0 Å².